The lowest BCUT2D eigenvalue weighted by Gasteiger charge is -2.09. The van der Waals surface area contributed by atoms with Crippen LogP contribution in [0.2, 0.25) is 0 Å². The molecule has 0 bridgehead atoms. The molecule has 0 saturated carbocycles. The Kier molecular flexibility index (Phi) is 6.36. The summed E-state index contributed by atoms with van der Waals surface area (Å²) >= 11 is 3.94. The van der Waals surface area contributed by atoms with Crippen LogP contribution in [0.25, 0.3) is 0 Å². The standard InChI is InChI=1S/C9H18N2O2S/c1-6(2)4-10-8(12)5-11-9(13)7(3)14/h6-7,14H,4-5H2,1-3H3,(H,10,12)(H,11,13). The zero-order chi connectivity index (χ0) is 11.1. The van der Waals surface area contributed by atoms with Gasteiger partial charge in [0, 0.05) is 6.54 Å². The van der Waals surface area contributed by atoms with Gasteiger partial charge in [-0.15, -0.1) is 0 Å². The minimum atomic E-state index is -0.382. The van der Waals surface area contributed by atoms with Crippen LogP contribution in [-0.4, -0.2) is 30.2 Å². The maximum absolute atomic E-state index is 11.1. The zero-order valence-electron chi connectivity index (χ0n) is 8.83. The Morgan fingerprint density at radius 1 is 1.21 bits per heavy atom. The quantitative estimate of drug-likeness (QED) is 0.577. The SMILES string of the molecule is CC(C)CNC(=O)CNC(=O)C(C)S. The highest BCUT2D eigenvalue weighted by molar-refractivity contribution is 7.81. The summed E-state index contributed by atoms with van der Waals surface area (Å²) in [5.41, 5.74) is 0. The second-order valence-electron chi connectivity index (χ2n) is 3.59. The Morgan fingerprint density at radius 2 is 1.79 bits per heavy atom. The van der Waals surface area contributed by atoms with Crippen LogP contribution >= 0.6 is 12.6 Å². The van der Waals surface area contributed by atoms with E-state index in [1.165, 1.54) is 0 Å². The summed E-state index contributed by atoms with van der Waals surface area (Å²) in [5, 5.41) is 4.79. The van der Waals surface area contributed by atoms with Gasteiger partial charge in [0.05, 0.1) is 11.8 Å². The normalized spacial score (nSPS) is 12.4. The third-order valence-corrected chi connectivity index (χ3v) is 1.74. The van der Waals surface area contributed by atoms with E-state index >= 15 is 0 Å². The van der Waals surface area contributed by atoms with Crippen LogP contribution in [0, 0.1) is 5.92 Å². The van der Waals surface area contributed by atoms with Gasteiger partial charge in [-0.25, -0.2) is 0 Å². The van der Waals surface area contributed by atoms with Crippen LogP contribution in [0.5, 0.6) is 0 Å². The molecule has 0 aromatic heterocycles. The lowest BCUT2D eigenvalue weighted by Crippen LogP contribution is -2.40. The summed E-state index contributed by atoms with van der Waals surface area (Å²) in [6.45, 7) is 6.33. The second-order valence-corrected chi connectivity index (χ2v) is 4.37. The van der Waals surface area contributed by atoms with Crippen molar-refractivity contribution >= 4 is 24.4 Å². The molecular formula is C9H18N2O2S. The largest absolute Gasteiger partial charge is 0.354 e. The minimum absolute atomic E-state index is 0.0243. The highest BCUT2D eigenvalue weighted by Crippen LogP contribution is 1.90. The first-order chi connectivity index (χ1) is 6.43. The average Bonchev–Trinajstić information content (AvgIpc) is 2.10. The number of nitrogens with one attached hydrogen (secondary N) is 2. The van der Waals surface area contributed by atoms with E-state index in [1.54, 1.807) is 6.92 Å². The first-order valence-electron chi connectivity index (χ1n) is 4.66. The fourth-order valence-electron chi connectivity index (χ4n) is 0.696. The van der Waals surface area contributed by atoms with Crippen molar-refractivity contribution in [2.75, 3.05) is 13.1 Å². The van der Waals surface area contributed by atoms with Gasteiger partial charge < -0.3 is 10.6 Å². The van der Waals surface area contributed by atoms with E-state index in [0.29, 0.717) is 12.5 Å². The fraction of sp³-hybridized carbons (Fsp3) is 0.778. The van der Waals surface area contributed by atoms with Crippen molar-refractivity contribution in [2.24, 2.45) is 5.92 Å². The molecule has 0 heterocycles. The predicted octanol–water partition coefficient (Wildman–Crippen LogP) is 0.193. The highest BCUT2D eigenvalue weighted by atomic mass is 32.1. The minimum Gasteiger partial charge on any atom is -0.354 e. The Morgan fingerprint density at radius 3 is 2.21 bits per heavy atom. The monoisotopic (exact) mass is 218 g/mol. The van der Waals surface area contributed by atoms with Crippen LogP contribution in [0.15, 0.2) is 0 Å². The molecule has 0 rings (SSSR count). The summed E-state index contributed by atoms with van der Waals surface area (Å²) in [7, 11) is 0. The van der Waals surface area contributed by atoms with Crippen molar-refractivity contribution in [1.82, 2.24) is 10.6 Å². The molecule has 0 fully saturated rings. The lowest BCUT2D eigenvalue weighted by atomic mass is 10.2. The number of rotatable bonds is 5. The summed E-state index contributed by atoms with van der Waals surface area (Å²) in [5.74, 6) is 0.0208. The topological polar surface area (TPSA) is 58.2 Å². The first kappa shape index (κ1) is 13.3. The number of hydrogen-bond donors (Lipinski definition) is 3. The van der Waals surface area contributed by atoms with Crippen molar-refractivity contribution in [3.8, 4) is 0 Å². The maximum atomic E-state index is 11.1. The maximum Gasteiger partial charge on any atom is 0.239 e. The van der Waals surface area contributed by atoms with E-state index in [9.17, 15) is 9.59 Å². The molecule has 0 saturated heterocycles. The van der Waals surface area contributed by atoms with Crippen molar-refractivity contribution < 1.29 is 9.59 Å². The van der Waals surface area contributed by atoms with Crippen LogP contribution in [-0.2, 0) is 9.59 Å². The molecule has 0 aliphatic heterocycles. The number of carbonyl (C=O) groups is 2. The second kappa shape index (κ2) is 6.70. The Bertz CT molecular complexity index is 205. The van der Waals surface area contributed by atoms with Crippen molar-refractivity contribution in [3.05, 3.63) is 0 Å². The van der Waals surface area contributed by atoms with E-state index in [0.717, 1.165) is 0 Å². The molecule has 82 valence electrons. The van der Waals surface area contributed by atoms with Gasteiger partial charge in [-0.2, -0.15) is 12.6 Å². The van der Waals surface area contributed by atoms with E-state index in [4.69, 9.17) is 0 Å². The molecule has 2 N–H and O–H groups in total. The first-order valence-corrected chi connectivity index (χ1v) is 5.17. The van der Waals surface area contributed by atoms with Crippen molar-refractivity contribution in [3.63, 3.8) is 0 Å². The van der Waals surface area contributed by atoms with Gasteiger partial charge in [0.1, 0.15) is 0 Å². The zero-order valence-corrected chi connectivity index (χ0v) is 9.73. The van der Waals surface area contributed by atoms with E-state index in [-0.39, 0.29) is 23.6 Å². The Hall–Kier alpha value is -0.710. The van der Waals surface area contributed by atoms with Gasteiger partial charge in [-0.05, 0) is 12.8 Å². The highest BCUT2D eigenvalue weighted by Gasteiger charge is 2.09. The smallest absolute Gasteiger partial charge is 0.239 e. The van der Waals surface area contributed by atoms with Gasteiger partial charge in [-0.1, -0.05) is 13.8 Å². The fourth-order valence-corrected chi connectivity index (χ4v) is 0.787. The molecule has 2 amide bonds. The summed E-state index contributed by atoms with van der Waals surface area (Å²) in [6.07, 6.45) is 0. The third kappa shape index (κ3) is 6.77. The molecule has 1 atom stereocenters. The molecule has 1 unspecified atom stereocenters. The number of thiol groups is 1. The lowest BCUT2D eigenvalue weighted by molar-refractivity contribution is -0.125. The van der Waals surface area contributed by atoms with Gasteiger partial charge in [0.25, 0.3) is 0 Å². The molecule has 0 spiro atoms. The van der Waals surface area contributed by atoms with E-state index < -0.39 is 0 Å². The van der Waals surface area contributed by atoms with Crippen molar-refractivity contribution in [1.29, 1.82) is 0 Å². The van der Waals surface area contributed by atoms with Gasteiger partial charge in [-0.3, -0.25) is 9.59 Å². The number of carbonyl (C=O) groups excluding carboxylic acids is 2. The molecule has 14 heavy (non-hydrogen) atoms. The van der Waals surface area contributed by atoms with Gasteiger partial charge in [0.15, 0.2) is 0 Å². The predicted molar refractivity (Wildman–Crippen MR) is 59.3 cm³/mol. The van der Waals surface area contributed by atoms with Crippen LogP contribution in [0.4, 0.5) is 0 Å². The van der Waals surface area contributed by atoms with Crippen LogP contribution in [0.3, 0.4) is 0 Å². The third-order valence-electron chi connectivity index (χ3n) is 1.51. The Balaban J connectivity index is 3.59. The molecule has 4 nitrogen and oxygen atoms in total. The summed E-state index contributed by atoms with van der Waals surface area (Å²) in [4.78, 5) is 22.1. The van der Waals surface area contributed by atoms with Crippen LogP contribution < -0.4 is 10.6 Å². The van der Waals surface area contributed by atoms with E-state index in [2.05, 4.69) is 23.3 Å². The number of hydrogen-bond acceptors (Lipinski definition) is 3. The molecule has 0 aliphatic rings. The molecule has 0 radical (unpaired) electrons. The van der Waals surface area contributed by atoms with E-state index in [1.807, 2.05) is 13.8 Å². The summed E-state index contributed by atoms with van der Waals surface area (Å²) in [6, 6.07) is 0. The molecule has 0 aliphatic carbocycles. The van der Waals surface area contributed by atoms with Gasteiger partial charge in [0.2, 0.25) is 11.8 Å². The molecule has 0 aromatic carbocycles. The van der Waals surface area contributed by atoms with Crippen molar-refractivity contribution in [2.45, 2.75) is 26.0 Å². The molecule has 0 aromatic rings. The molecular weight excluding hydrogens is 200 g/mol. The summed E-state index contributed by atoms with van der Waals surface area (Å²) < 4.78 is 0. The van der Waals surface area contributed by atoms with Gasteiger partial charge >= 0.3 is 0 Å². The number of amides is 2. The van der Waals surface area contributed by atoms with Crippen LogP contribution in [0.1, 0.15) is 20.8 Å². The Labute approximate surface area is 90.2 Å². The average molecular weight is 218 g/mol. The molecule has 5 heteroatoms.